The molecule has 1 saturated heterocycles. The molecule has 4 unspecified atom stereocenters. The number of nitrogens with zero attached hydrogens (tertiary/aromatic N) is 1. The molecule has 0 aromatic carbocycles. The van der Waals surface area contributed by atoms with Gasteiger partial charge in [-0.15, -0.1) is 0 Å². The van der Waals surface area contributed by atoms with Gasteiger partial charge in [-0.05, 0) is 39.0 Å². The number of hydrogen-bond donors (Lipinski definition) is 1. The standard InChI is InChI=1S/C15H26N2O4/c1-9(18)20-8-12-11-7-17(6-10(11)5-13(12)16)14(19)21-15(2,3)4/h10-13H,5-8,16H2,1-4H3. The highest BCUT2D eigenvalue weighted by atomic mass is 16.6. The predicted octanol–water partition coefficient (Wildman–Crippen LogP) is 1.38. The lowest BCUT2D eigenvalue weighted by Gasteiger charge is -2.26. The summed E-state index contributed by atoms with van der Waals surface area (Å²) in [5.41, 5.74) is 5.67. The van der Waals surface area contributed by atoms with Gasteiger partial charge in [0.05, 0.1) is 6.61 Å². The molecule has 2 aliphatic rings. The topological polar surface area (TPSA) is 81.9 Å². The molecule has 0 aromatic rings. The lowest BCUT2D eigenvalue weighted by molar-refractivity contribution is -0.142. The van der Waals surface area contributed by atoms with Gasteiger partial charge in [-0.1, -0.05) is 0 Å². The van der Waals surface area contributed by atoms with Crippen LogP contribution in [0, 0.1) is 17.8 Å². The molecule has 1 aliphatic heterocycles. The summed E-state index contributed by atoms with van der Waals surface area (Å²) in [7, 11) is 0. The molecule has 2 fully saturated rings. The Morgan fingerprint density at radius 3 is 2.52 bits per heavy atom. The SMILES string of the molecule is CC(=O)OCC1C(N)CC2CN(C(=O)OC(C)(C)C)CC21. The molecule has 0 aromatic heterocycles. The van der Waals surface area contributed by atoms with Gasteiger partial charge in [0.1, 0.15) is 5.60 Å². The lowest BCUT2D eigenvalue weighted by atomic mass is 9.92. The monoisotopic (exact) mass is 298 g/mol. The van der Waals surface area contributed by atoms with Gasteiger partial charge in [0.25, 0.3) is 0 Å². The number of esters is 1. The van der Waals surface area contributed by atoms with Crippen LogP contribution in [0.2, 0.25) is 0 Å². The molecular weight excluding hydrogens is 272 g/mol. The summed E-state index contributed by atoms with van der Waals surface area (Å²) in [6, 6.07) is 0.0418. The molecule has 0 bridgehead atoms. The van der Waals surface area contributed by atoms with Crippen molar-refractivity contribution in [2.45, 2.75) is 45.8 Å². The number of carbonyl (C=O) groups is 2. The number of amides is 1. The van der Waals surface area contributed by atoms with Gasteiger partial charge < -0.3 is 20.1 Å². The minimum Gasteiger partial charge on any atom is -0.466 e. The van der Waals surface area contributed by atoms with Crippen molar-refractivity contribution in [3.05, 3.63) is 0 Å². The summed E-state index contributed by atoms with van der Waals surface area (Å²) in [5.74, 6) is 0.527. The van der Waals surface area contributed by atoms with E-state index in [1.54, 1.807) is 4.90 Å². The number of fused-ring (bicyclic) bond motifs is 1. The van der Waals surface area contributed by atoms with E-state index in [0.29, 0.717) is 31.5 Å². The van der Waals surface area contributed by atoms with Gasteiger partial charge in [0, 0.05) is 32.0 Å². The van der Waals surface area contributed by atoms with Crippen LogP contribution in [-0.2, 0) is 14.3 Å². The number of nitrogens with two attached hydrogens (primary N) is 1. The first-order valence-electron chi connectivity index (χ1n) is 7.54. The molecule has 1 heterocycles. The largest absolute Gasteiger partial charge is 0.466 e. The molecule has 1 amide bonds. The smallest absolute Gasteiger partial charge is 0.410 e. The molecule has 21 heavy (non-hydrogen) atoms. The lowest BCUT2D eigenvalue weighted by Crippen LogP contribution is -2.39. The number of carbonyl (C=O) groups excluding carboxylic acids is 2. The average molecular weight is 298 g/mol. The van der Waals surface area contributed by atoms with Crippen molar-refractivity contribution in [2.75, 3.05) is 19.7 Å². The van der Waals surface area contributed by atoms with E-state index in [1.807, 2.05) is 20.8 Å². The summed E-state index contributed by atoms with van der Waals surface area (Å²) in [5, 5.41) is 0. The van der Waals surface area contributed by atoms with E-state index in [2.05, 4.69) is 0 Å². The van der Waals surface area contributed by atoms with Gasteiger partial charge in [0.15, 0.2) is 0 Å². The number of hydrogen-bond acceptors (Lipinski definition) is 5. The van der Waals surface area contributed by atoms with Crippen LogP contribution < -0.4 is 5.73 Å². The Hall–Kier alpha value is -1.30. The maximum Gasteiger partial charge on any atom is 0.410 e. The Bertz CT molecular complexity index is 418. The molecule has 1 aliphatic carbocycles. The van der Waals surface area contributed by atoms with Gasteiger partial charge in [-0.2, -0.15) is 0 Å². The third kappa shape index (κ3) is 3.87. The van der Waals surface area contributed by atoms with E-state index in [-0.39, 0.29) is 24.0 Å². The van der Waals surface area contributed by atoms with Crippen molar-refractivity contribution in [3.63, 3.8) is 0 Å². The second-order valence-corrected chi connectivity index (χ2v) is 7.18. The highest BCUT2D eigenvalue weighted by Crippen LogP contribution is 2.42. The van der Waals surface area contributed by atoms with Crippen LogP contribution >= 0.6 is 0 Å². The minimum atomic E-state index is -0.484. The fourth-order valence-corrected chi connectivity index (χ4v) is 3.41. The Kier molecular flexibility index (Phi) is 4.46. The number of ether oxygens (including phenoxy) is 2. The van der Waals surface area contributed by atoms with E-state index >= 15 is 0 Å². The van der Waals surface area contributed by atoms with Gasteiger partial charge >= 0.3 is 12.1 Å². The summed E-state index contributed by atoms with van der Waals surface area (Å²) in [4.78, 5) is 24.9. The molecule has 6 nitrogen and oxygen atoms in total. The van der Waals surface area contributed by atoms with E-state index < -0.39 is 5.60 Å². The summed E-state index contributed by atoms with van der Waals surface area (Å²) < 4.78 is 10.5. The number of likely N-dealkylation sites (tertiary alicyclic amines) is 1. The van der Waals surface area contributed by atoms with Crippen LogP contribution in [0.25, 0.3) is 0 Å². The predicted molar refractivity (Wildman–Crippen MR) is 77.5 cm³/mol. The highest BCUT2D eigenvalue weighted by molar-refractivity contribution is 5.68. The molecule has 0 radical (unpaired) electrons. The zero-order chi connectivity index (χ0) is 15.8. The zero-order valence-corrected chi connectivity index (χ0v) is 13.3. The van der Waals surface area contributed by atoms with Crippen molar-refractivity contribution in [1.29, 1.82) is 0 Å². The third-order valence-corrected chi connectivity index (χ3v) is 4.30. The van der Waals surface area contributed by atoms with E-state index in [0.717, 1.165) is 6.42 Å². The second kappa shape index (κ2) is 5.83. The normalized spacial score (nSPS) is 32.0. The van der Waals surface area contributed by atoms with Crippen molar-refractivity contribution in [2.24, 2.45) is 23.5 Å². The first kappa shape index (κ1) is 16.1. The summed E-state index contributed by atoms with van der Waals surface area (Å²) in [6.45, 7) is 8.66. The van der Waals surface area contributed by atoms with E-state index in [4.69, 9.17) is 15.2 Å². The molecule has 120 valence electrons. The van der Waals surface area contributed by atoms with Crippen LogP contribution in [0.5, 0.6) is 0 Å². The molecule has 2 N–H and O–H groups in total. The quantitative estimate of drug-likeness (QED) is 0.779. The minimum absolute atomic E-state index is 0.0418. The van der Waals surface area contributed by atoms with Gasteiger partial charge in [-0.3, -0.25) is 4.79 Å². The molecule has 4 atom stereocenters. The van der Waals surface area contributed by atoms with E-state index in [1.165, 1.54) is 6.92 Å². The molecule has 0 spiro atoms. The molecule has 1 saturated carbocycles. The van der Waals surface area contributed by atoms with E-state index in [9.17, 15) is 9.59 Å². The first-order chi connectivity index (χ1) is 9.67. The van der Waals surface area contributed by atoms with Crippen molar-refractivity contribution in [3.8, 4) is 0 Å². The summed E-state index contributed by atoms with van der Waals surface area (Å²) >= 11 is 0. The maximum atomic E-state index is 12.1. The molecular formula is C15H26N2O4. The summed E-state index contributed by atoms with van der Waals surface area (Å²) in [6.07, 6.45) is 0.604. The first-order valence-corrected chi connectivity index (χ1v) is 7.54. The van der Waals surface area contributed by atoms with Crippen molar-refractivity contribution < 1.29 is 19.1 Å². The van der Waals surface area contributed by atoms with Crippen LogP contribution in [-0.4, -0.2) is 48.3 Å². The second-order valence-electron chi connectivity index (χ2n) is 7.18. The average Bonchev–Trinajstić information content (AvgIpc) is 2.81. The van der Waals surface area contributed by atoms with Crippen LogP contribution in [0.3, 0.4) is 0 Å². The Balaban J connectivity index is 1.94. The van der Waals surface area contributed by atoms with Crippen LogP contribution in [0.4, 0.5) is 4.79 Å². The fourth-order valence-electron chi connectivity index (χ4n) is 3.41. The van der Waals surface area contributed by atoms with Gasteiger partial charge in [-0.25, -0.2) is 4.79 Å². The third-order valence-electron chi connectivity index (χ3n) is 4.30. The fraction of sp³-hybridized carbons (Fsp3) is 0.867. The van der Waals surface area contributed by atoms with Crippen molar-refractivity contribution >= 4 is 12.1 Å². The maximum absolute atomic E-state index is 12.1. The highest BCUT2D eigenvalue weighted by Gasteiger charge is 2.48. The van der Waals surface area contributed by atoms with Gasteiger partial charge in [0.2, 0.25) is 0 Å². The zero-order valence-electron chi connectivity index (χ0n) is 13.3. The Morgan fingerprint density at radius 2 is 1.95 bits per heavy atom. The number of rotatable bonds is 2. The molecule has 6 heteroatoms. The molecule has 2 rings (SSSR count). The van der Waals surface area contributed by atoms with Crippen LogP contribution in [0.1, 0.15) is 34.1 Å². The Labute approximate surface area is 125 Å². The van der Waals surface area contributed by atoms with Crippen molar-refractivity contribution in [1.82, 2.24) is 4.90 Å². The Morgan fingerprint density at radius 1 is 1.29 bits per heavy atom. The van der Waals surface area contributed by atoms with Crippen LogP contribution in [0.15, 0.2) is 0 Å².